The Balaban J connectivity index is 1.66. The van der Waals surface area contributed by atoms with Gasteiger partial charge in [0.2, 0.25) is 5.16 Å². The van der Waals surface area contributed by atoms with Gasteiger partial charge in [0.15, 0.2) is 5.78 Å². The SMILES string of the molecule is CCCn1c(C)cc(C(=O)CSc2nnnn2Cc2ccc(OC)cc2)c1C. The largest absolute Gasteiger partial charge is 0.497 e. The molecule has 0 N–H and O–H groups in total. The zero-order valence-electron chi connectivity index (χ0n) is 16.7. The van der Waals surface area contributed by atoms with Crippen LogP contribution < -0.4 is 4.74 Å². The molecule has 0 spiro atoms. The van der Waals surface area contributed by atoms with Crippen molar-refractivity contribution < 1.29 is 9.53 Å². The first kappa shape index (κ1) is 20.1. The van der Waals surface area contributed by atoms with Crippen LogP contribution in [0.4, 0.5) is 0 Å². The second-order valence-electron chi connectivity index (χ2n) is 6.62. The fourth-order valence-corrected chi connectivity index (χ4v) is 3.92. The Bertz CT molecular complexity index is 946. The summed E-state index contributed by atoms with van der Waals surface area (Å²) in [7, 11) is 1.64. The lowest BCUT2D eigenvalue weighted by Crippen LogP contribution is -2.08. The normalized spacial score (nSPS) is 11.0. The van der Waals surface area contributed by atoms with Crippen LogP contribution in [0.1, 0.15) is 40.7 Å². The Morgan fingerprint density at radius 1 is 1.21 bits per heavy atom. The molecule has 0 saturated heterocycles. The maximum Gasteiger partial charge on any atom is 0.210 e. The fourth-order valence-electron chi connectivity index (χ4n) is 3.16. The third-order valence-electron chi connectivity index (χ3n) is 4.64. The van der Waals surface area contributed by atoms with E-state index in [1.54, 1.807) is 11.8 Å². The van der Waals surface area contributed by atoms with Gasteiger partial charge in [0.1, 0.15) is 5.75 Å². The highest BCUT2D eigenvalue weighted by Gasteiger charge is 2.17. The number of aryl methyl sites for hydroxylation is 1. The van der Waals surface area contributed by atoms with Crippen LogP contribution in [-0.2, 0) is 13.1 Å². The number of tetrazole rings is 1. The molecule has 2 aromatic heterocycles. The Kier molecular flexibility index (Phi) is 6.51. The molecule has 8 heteroatoms. The fraction of sp³-hybridized carbons (Fsp3) is 0.400. The van der Waals surface area contributed by atoms with Crippen LogP contribution in [0, 0.1) is 13.8 Å². The zero-order valence-corrected chi connectivity index (χ0v) is 17.5. The first-order chi connectivity index (χ1) is 13.5. The molecule has 0 bridgehead atoms. The maximum atomic E-state index is 12.7. The van der Waals surface area contributed by atoms with Crippen LogP contribution in [0.3, 0.4) is 0 Å². The molecule has 0 amide bonds. The molecule has 0 aliphatic carbocycles. The lowest BCUT2D eigenvalue weighted by atomic mass is 10.2. The van der Waals surface area contributed by atoms with Crippen molar-refractivity contribution in [2.24, 2.45) is 0 Å². The second kappa shape index (κ2) is 9.05. The molecule has 0 aliphatic rings. The predicted molar refractivity (Wildman–Crippen MR) is 109 cm³/mol. The van der Waals surface area contributed by atoms with Crippen LogP contribution in [-0.4, -0.2) is 43.4 Å². The Labute approximate surface area is 169 Å². The molecule has 0 radical (unpaired) electrons. The number of ether oxygens (including phenoxy) is 1. The van der Waals surface area contributed by atoms with E-state index in [1.165, 1.54) is 11.8 Å². The highest BCUT2D eigenvalue weighted by molar-refractivity contribution is 7.99. The highest BCUT2D eigenvalue weighted by atomic mass is 32.2. The van der Waals surface area contributed by atoms with Gasteiger partial charge in [-0.1, -0.05) is 30.8 Å². The minimum atomic E-state index is 0.0967. The summed E-state index contributed by atoms with van der Waals surface area (Å²) < 4.78 is 9.09. The van der Waals surface area contributed by atoms with E-state index in [9.17, 15) is 4.79 Å². The van der Waals surface area contributed by atoms with Gasteiger partial charge in [-0.15, -0.1) is 5.10 Å². The van der Waals surface area contributed by atoms with E-state index in [1.807, 2.05) is 44.2 Å². The topological polar surface area (TPSA) is 74.8 Å². The smallest absolute Gasteiger partial charge is 0.210 e. The van der Waals surface area contributed by atoms with E-state index in [4.69, 9.17) is 4.74 Å². The first-order valence-corrected chi connectivity index (χ1v) is 10.2. The third kappa shape index (κ3) is 4.44. The summed E-state index contributed by atoms with van der Waals surface area (Å²) in [5, 5.41) is 12.5. The van der Waals surface area contributed by atoms with E-state index < -0.39 is 0 Å². The van der Waals surface area contributed by atoms with Crippen molar-refractivity contribution in [3.63, 3.8) is 0 Å². The molecule has 148 valence electrons. The van der Waals surface area contributed by atoms with Gasteiger partial charge in [0.05, 0.1) is 19.4 Å². The average Bonchev–Trinajstić information content (AvgIpc) is 3.26. The van der Waals surface area contributed by atoms with Gasteiger partial charge < -0.3 is 9.30 Å². The highest BCUT2D eigenvalue weighted by Crippen LogP contribution is 2.21. The monoisotopic (exact) mass is 399 g/mol. The van der Waals surface area contributed by atoms with Gasteiger partial charge >= 0.3 is 0 Å². The number of Topliss-reactive ketones (excluding diaryl/α,β-unsaturated/α-hetero) is 1. The van der Waals surface area contributed by atoms with Gasteiger partial charge in [-0.05, 0) is 54.5 Å². The standard InChI is InChI=1S/C20H25N5O2S/c1-5-10-24-14(2)11-18(15(24)3)19(26)13-28-20-21-22-23-25(20)12-16-6-8-17(27-4)9-7-16/h6-9,11H,5,10,12-13H2,1-4H3. The summed E-state index contributed by atoms with van der Waals surface area (Å²) in [5.41, 5.74) is 4.00. The van der Waals surface area contributed by atoms with Gasteiger partial charge in [0, 0.05) is 23.5 Å². The Morgan fingerprint density at radius 2 is 1.96 bits per heavy atom. The van der Waals surface area contributed by atoms with Crippen LogP contribution in [0.15, 0.2) is 35.5 Å². The lowest BCUT2D eigenvalue weighted by Gasteiger charge is -2.08. The minimum Gasteiger partial charge on any atom is -0.497 e. The molecular formula is C20H25N5O2S. The summed E-state index contributed by atoms with van der Waals surface area (Å²) in [4.78, 5) is 12.7. The molecule has 2 heterocycles. The molecule has 3 rings (SSSR count). The van der Waals surface area contributed by atoms with E-state index >= 15 is 0 Å². The zero-order chi connectivity index (χ0) is 20.1. The van der Waals surface area contributed by atoms with Crippen LogP contribution in [0.25, 0.3) is 0 Å². The summed E-state index contributed by atoms with van der Waals surface area (Å²) in [6.07, 6.45) is 1.04. The van der Waals surface area contributed by atoms with Gasteiger partial charge in [-0.2, -0.15) is 0 Å². The summed E-state index contributed by atoms with van der Waals surface area (Å²) in [6.45, 7) is 7.66. The maximum absolute atomic E-state index is 12.7. The van der Waals surface area contributed by atoms with E-state index in [0.29, 0.717) is 17.5 Å². The number of thioether (sulfide) groups is 1. The number of carbonyl (C=O) groups is 1. The predicted octanol–water partition coefficient (Wildman–Crippen LogP) is 3.53. The van der Waals surface area contributed by atoms with E-state index in [0.717, 1.165) is 41.2 Å². The number of rotatable bonds is 9. The van der Waals surface area contributed by atoms with Crippen LogP contribution >= 0.6 is 11.8 Å². The first-order valence-electron chi connectivity index (χ1n) is 9.25. The van der Waals surface area contributed by atoms with Gasteiger partial charge in [-0.25, -0.2) is 4.68 Å². The Hall–Kier alpha value is -2.61. The van der Waals surface area contributed by atoms with Crippen molar-refractivity contribution in [3.05, 3.63) is 52.8 Å². The van der Waals surface area contributed by atoms with Crippen molar-refractivity contribution in [3.8, 4) is 5.75 Å². The molecule has 0 atom stereocenters. The van der Waals surface area contributed by atoms with Crippen LogP contribution in [0.5, 0.6) is 5.75 Å². The molecule has 28 heavy (non-hydrogen) atoms. The van der Waals surface area contributed by atoms with E-state index in [2.05, 4.69) is 27.0 Å². The Morgan fingerprint density at radius 3 is 2.64 bits per heavy atom. The lowest BCUT2D eigenvalue weighted by molar-refractivity contribution is 0.102. The number of hydrogen-bond donors (Lipinski definition) is 0. The van der Waals surface area contributed by atoms with Gasteiger partial charge in [-0.3, -0.25) is 4.79 Å². The molecule has 0 unspecified atom stereocenters. The van der Waals surface area contributed by atoms with Crippen molar-refractivity contribution >= 4 is 17.5 Å². The van der Waals surface area contributed by atoms with Crippen molar-refractivity contribution in [1.29, 1.82) is 0 Å². The van der Waals surface area contributed by atoms with Crippen molar-refractivity contribution in [2.45, 2.75) is 45.4 Å². The number of nitrogens with zero attached hydrogens (tertiary/aromatic N) is 5. The molecule has 0 saturated carbocycles. The van der Waals surface area contributed by atoms with Crippen molar-refractivity contribution in [2.75, 3.05) is 12.9 Å². The van der Waals surface area contributed by atoms with E-state index in [-0.39, 0.29) is 5.78 Å². The second-order valence-corrected chi connectivity index (χ2v) is 7.56. The number of ketones is 1. The molecule has 0 fully saturated rings. The molecule has 7 nitrogen and oxygen atoms in total. The average molecular weight is 400 g/mol. The van der Waals surface area contributed by atoms with Gasteiger partial charge in [0.25, 0.3) is 0 Å². The molecule has 3 aromatic rings. The minimum absolute atomic E-state index is 0.0967. The molecule has 1 aromatic carbocycles. The summed E-state index contributed by atoms with van der Waals surface area (Å²) >= 11 is 1.36. The molecular weight excluding hydrogens is 374 g/mol. The quantitative estimate of drug-likeness (QED) is 0.405. The number of carbonyl (C=O) groups excluding carboxylic acids is 1. The number of methoxy groups -OCH3 is 1. The summed E-state index contributed by atoms with van der Waals surface area (Å²) in [6, 6.07) is 9.74. The number of benzene rings is 1. The van der Waals surface area contributed by atoms with Crippen molar-refractivity contribution in [1.82, 2.24) is 24.8 Å². The van der Waals surface area contributed by atoms with Crippen LogP contribution in [0.2, 0.25) is 0 Å². The number of hydrogen-bond acceptors (Lipinski definition) is 6. The summed E-state index contributed by atoms with van der Waals surface area (Å²) in [5.74, 6) is 1.21. The number of aromatic nitrogens is 5. The third-order valence-corrected chi connectivity index (χ3v) is 5.60. The molecule has 0 aliphatic heterocycles.